The molecule has 0 radical (unpaired) electrons. The van der Waals surface area contributed by atoms with E-state index in [9.17, 15) is 9.59 Å². The zero-order valence-electron chi connectivity index (χ0n) is 18.3. The van der Waals surface area contributed by atoms with Crippen LogP contribution in [0.2, 0.25) is 0 Å². The molecule has 0 aliphatic heterocycles. The number of nitrogens with one attached hydrogen (secondary N) is 1. The van der Waals surface area contributed by atoms with E-state index >= 15 is 0 Å². The molecule has 0 saturated carbocycles. The van der Waals surface area contributed by atoms with Crippen molar-refractivity contribution in [3.8, 4) is 11.4 Å². The van der Waals surface area contributed by atoms with Crippen molar-refractivity contribution in [2.24, 2.45) is 0 Å². The molecule has 1 heterocycles. The van der Waals surface area contributed by atoms with Crippen LogP contribution in [0.5, 0.6) is 5.75 Å². The summed E-state index contributed by atoms with van der Waals surface area (Å²) in [5.41, 5.74) is 2.76. The summed E-state index contributed by atoms with van der Waals surface area (Å²) in [7, 11) is 0. The van der Waals surface area contributed by atoms with E-state index in [4.69, 9.17) is 9.47 Å². The third-order valence-electron chi connectivity index (χ3n) is 4.47. The molecule has 0 aliphatic rings. The maximum Gasteiger partial charge on any atom is 0.344 e. The number of carbonyl (C=O) groups excluding carboxylic acids is 2. The molecule has 0 bridgehead atoms. The van der Waals surface area contributed by atoms with E-state index in [1.165, 1.54) is 17.3 Å². The Labute approximate surface area is 191 Å². The van der Waals surface area contributed by atoms with Gasteiger partial charge in [-0.3, -0.25) is 9.36 Å². The molecule has 1 N–H and O–H groups in total. The first-order valence-electron chi connectivity index (χ1n) is 10.3. The highest BCUT2D eigenvalue weighted by atomic mass is 32.2. The van der Waals surface area contributed by atoms with Gasteiger partial charge in [0, 0.05) is 17.4 Å². The van der Waals surface area contributed by atoms with E-state index in [1.54, 1.807) is 37.5 Å². The molecule has 0 unspecified atom stereocenters. The van der Waals surface area contributed by atoms with Gasteiger partial charge in [-0.25, -0.2) is 4.79 Å². The summed E-state index contributed by atoms with van der Waals surface area (Å²) in [5, 5.41) is 11.6. The Bertz CT molecular complexity index is 1050. The van der Waals surface area contributed by atoms with Crippen LogP contribution in [-0.4, -0.2) is 45.6 Å². The average molecular weight is 455 g/mol. The lowest BCUT2D eigenvalue weighted by Crippen LogP contribution is -2.16. The van der Waals surface area contributed by atoms with Crippen molar-refractivity contribution in [1.82, 2.24) is 14.8 Å². The third kappa shape index (κ3) is 6.58. The Balaban J connectivity index is 1.55. The Morgan fingerprint density at radius 1 is 1.16 bits per heavy atom. The van der Waals surface area contributed by atoms with Crippen LogP contribution in [0.25, 0.3) is 5.69 Å². The second-order valence-electron chi connectivity index (χ2n) is 7.19. The number of benzene rings is 2. The molecule has 0 aliphatic carbocycles. The molecule has 9 heteroatoms. The number of rotatable bonds is 10. The zero-order chi connectivity index (χ0) is 22.9. The van der Waals surface area contributed by atoms with Crippen molar-refractivity contribution >= 4 is 29.3 Å². The molecule has 0 spiro atoms. The SMILES string of the molecule is CCOC(=O)COc1cccc(NC(=O)CSc2nncn2-c2ccc(C(C)C)cc2)c1. The number of thioether (sulfide) groups is 1. The fraction of sp³-hybridized carbons (Fsp3) is 0.304. The van der Waals surface area contributed by atoms with Gasteiger partial charge in [-0.2, -0.15) is 0 Å². The normalized spacial score (nSPS) is 10.8. The predicted molar refractivity (Wildman–Crippen MR) is 123 cm³/mol. The van der Waals surface area contributed by atoms with Crippen molar-refractivity contribution in [2.45, 2.75) is 31.8 Å². The molecular weight excluding hydrogens is 428 g/mol. The van der Waals surface area contributed by atoms with E-state index in [-0.39, 0.29) is 18.3 Å². The van der Waals surface area contributed by atoms with Crippen LogP contribution < -0.4 is 10.1 Å². The van der Waals surface area contributed by atoms with Crippen LogP contribution >= 0.6 is 11.8 Å². The first-order chi connectivity index (χ1) is 15.5. The highest BCUT2D eigenvalue weighted by molar-refractivity contribution is 7.99. The molecule has 0 atom stereocenters. The number of nitrogens with zero attached hydrogens (tertiary/aromatic N) is 3. The van der Waals surface area contributed by atoms with Gasteiger partial charge in [-0.05, 0) is 42.7 Å². The maximum absolute atomic E-state index is 12.4. The topological polar surface area (TPSA) is 95.3 Å². The smallest absolute Gasteiger partial charge is 0.344 e. The quantitative estimate of drug-likeness (QED) is 0.364. The van der Waals surface area contributed by atoms with E-state index in [0.717, 1.165) is 5.69 Å². The minimum atomic E-state index is -0.443. The summed E-state index contributed by atoms with van der Waals surface area (Å²) in [5.74, 6) is 0.449. The minimum Gasteiger partial charge on any atom is -0.482 e. The van der Waals surface area contributed by atoms with Gasteiger partial charge in [0.05, 0.1) is 12.4 Å². The van der Waals surface area contributed by atoms with Gasteiger partial charge in [0.15, 0.2) is 11.8 Å². The average Bonchev–Trinajstić information content (AvgIpc) is 3.25. The van der Waals surface area contributed by atoms with Crippen LogP contribution in [0, 0.1) is 0 Å². The molecule has 168 valence electrons. The molecule has 0 saturated heterocycles. The van der Waals surface area contributed by atoms with Crippen molar-refractivity contribution in [1.29, 1.82) is 0 Å². The van der Waals surface area contributed by atoms with Crippen LogP contribution in [0.3, 0.4) is 0 Å². The largest absolute Gasteiger partial charge is 0.482 e. The predicted octanol–water partition coefficient (Wildman–Crippen LogP) is 4.06. The van der Waals surface area contributed by atoms with Gasteiger partial charge in [-0.1, -0.05) is 43.8 Å². The highest BCUT2D eigenvalue weighted by Crippen LogP contribution is 2.23. The van der Waals surface area contributed by atoms with Gasteiger partial charge in [0.25, 0.3) is 0 Å². The van der Waals surface area contributed by atoms with Crippen molar-refractivity contribution in [3.05, 3.63) is 60.4 Å². The van der Waals surface area contributed by atoms with Crippen molar-refractivity contribution in [3.63, 3.8) is 0 Å². The Morgan fingerprint density at radius 2 is 1.94 bits per heavy atom. The lowest BCUT2D eigenvalue weighted by molar-refractivity contribution is -0.145. The summed E-state index contributed by atoms with van der Waals surface area (Å²) >= 11 is 1.30. The van der Waals surface area contributed by atoms with Crippen LogP contribution in [0.15, 0.2) is 60.0 Å². The number of anilines is 1. The second-order valence-corrected chi connectivity index (χ2v) is 8.13. The number of hydrogen-bond donors (Lipinski definition) is 1. The van der Waals surface area contributed by atoms with Crippen LogP contribution in [-0.2, 0) is 14.3 Å². The summed E-state index contributed by atoms with van der Waals surface area (Å²) < 4.78 is 12.1. The molecule has 3 rings (SSSR count). The van der Waals surface area contributed by atoms with Crippen LogP contribution in [0.4, 0.5) is 5.69 Å². The van der Waals surface area contributed by atoms with Gasteiger partial charge in [-0.15, -0.1) is 10.2 Å². The van der Waals surface area contributed by atoms with E-state index < -0.39 is 5.97 Å². The van der Waals surface area contributed by atoms with Crippen molar-refractivity contribution in [2.75, 3.05) is 24.3 Å². The highest BCUT2D eigenvalue weighted by Gasteiger charge is 2.11. The number of carbonyl (C=O) groups is 2. The molecule has 3 aromatic rings. The summed E-state index contributed by atoms with van der Waals surface area (Å²) in [4.78, 5) is 23.9. The molecular formula is C23H26N4O4S. The van der Waals surface area contributed by atoms with Gasteiger partial charge in [0.1, 0.15) is 12.1 Å². The fourth-order valence-electron chi connectivity index (χ4n) is 2.86. The van der Waals surface area contributed by atoms with Gasteiger partial charge < -0.3 is 14.8 Å². The summed E-state index contributed by atoms with van der Waals surface area (Å²) in [6.45, 7) is 6.14. The van der Waals surface area contributed by atoms with E-state index in [0.29, 0.717) is 29.1 Å². The first kappa shape index (κ1) is 23.3. The van der Waals surface area contributed by atoms with E-state index in [1.807, 2.05) is 16.7 Å². The second kappa shape index (κ2) is 11.3. The molecule has 1 amide bonds. The molecule has 1 aromatic heterocycles. The molecule has 2 aromatic carbocycles. The monoisotopic (exact) mass is 454 g/mol. The van der Waals surface area contributed by atoms with Crippen molar-refractivity contribution < 1.29 is 19.1 Å². The standard InChI is InChI=1S/C23H26N4O4S/c1-4-30-22(29)13-31-20-7-5-6-18(12-20)25-21(28)14-32-23-26-24-15-27(23)19-10-8-17(9-11-19)16(2)3/h5-12,15-16H,4,13-14H2,1-3H3,(H,25,28). The Hall–Kier alpha value is -3.33. The lowest BCUT2D eigenvalue weighted by Gasteiger charge is -2.10. The number of aromatic nitrogens is 3. The lowest BCUT2D eigenvalue weighted by atomic mass is 10.0. The van der Waals surface area contributed by atoms with Gasteiger partial charge in [0.2, 0.25) is 5.91 Å². The minimum absolute atomic E-state index is 0.163. The van der Waals surface area contributed by atoms with Gasteiger partial charge >= 0.3 is 5.97 Å². The fourth-order valence-corrected chi connectivity index (χ4v) is 3.58. The first-order valence-corrected chi connectivity index (χ1v) is 11.3. The molecule has 0 fully saturated rings. The Kier molecular flexibility index (Phi) is 8.27. The zero-order valence-corrected chi connectivity index (χ0v) is 19.1. The molecule has 32 heavy (non-hydrogen) atoms. The summed E-state index contributed by atoms with van der Waals surface area (Å²) in [6.07, 6.45) is 1.63. The third-order valence-corrected chi connectivity index (χ3v) is 5.41. The Morgan fingerprint density at radius 3 is 2.66 bits per heavy atom. The number of amides is 1. The van der Waals surface area contributed by atoms with E-state index in [2.05, 4.69) is 41.5 Å². The molecule has 8 nitrogen and oxygen atoms in total. The maximum atomic E-state index is 12.4. The number of hydrogen-bond acceptors (Lipinski definition) is 7. The number of ether oxygens (including phenoxy) is 2. The summed E-state index contributed by atoms with van der Waals surface area (Å²) in [6, 6.07) is 15.0. The van der Waals surface area contributed by atoms with Crippen LogP contribution in [0.1, 0.15) is 32.3 Å². The number of esters is 1.